The van der Waals surface area contributed by atoms with Crippen molar-refractivity contribution in [2.75, 3.05) is 39.3 Å². The van der Waals surface area contributed by atoms with Crippen LogP contribution in [0.5, 0.6) is 0 Å². The van der Waals surface area contributed by atoms with Gasteiger partial charge in [-0.15, -0.1) is 0 Å². The predicted molar refractivity (Wildman–Crippen MR) is 95.1 cm³/mol. The van der Waals surface area contributed by atoms with Crippen LogP contribution in [0.25, 0.3) is 0 Å². The maximum absolute atomic E-state index is 6.18. The van der Waals surface area contributed by atoms with E-state index in [4.69, 9.17) is 10.7 Å². The molecule has 0 unspecified atom stereocenters. The van der Waals surface area contributed by atoms with Crippen LogP contribution in [0.3, 0.4) is 0 Å². The number of hydrogen-bond donors (Lipinski definition) is 1. The minimum atomic E-state index is 0.734. The molecule has 0 aromatic heterocycles. The summed E-state index contributed by atoms with van der Waals surface area (Å²) >= 11 is 0. The van der Waals surface area contributed by atoms with E-state index >= 15 is 0 Å². The molecule has 0 atom stereocenters. The fraction of sp³-hybridized carbons (Fsp3) is 0.944. The van der Waals surface area contributed by atoms with Crippen molar-refractivity contribution in [3.8, 4) is 0 Å². The monoisotopic (exact) mass is 308 g/mol. The van der Waals surface area contributed by atoms with Crippen molar-refractivity contribution in [3.63, 3.8) is 0 Å². The molecular formula is C18H36N4. The number of piperidine rings is 2. The summed E-state index contributed by atoms with van der Waals surface area (Å²) in [6, 6.07) is 0. The lowest BCUT2D eigenvalue weighted by atomic mass is 9.96. The molecule has 4 nitrogen and oxygen atoms in total. The average Bonchev–Trinajstić information content (AvgIpc) is 2.52. The van der Waals surface area contributed by atoms with Gasteiger partial charge in [0.1, 0.15) is 0 Å². The topological polar surface area (TPSA) is 44.9 Å². The first-order valence-electron chi connectivity index (χ1n) is 9.31. The largest absolute Gasteiger partial charge is 0.370 e. The van der Waals surface area contributed by atoms with E-state index in [1.54, 1.807) is 0 Å². The predicted octanol–water partition coefficient (Wildman–Crippen LogP) is 2.79. The van der Waals surface area contributed by atoms with Crippen molar-refractivity contribution in [1.29, 1.82) is 0 Å². The highest BCUT2D eigenvalue weighted by Crippen LogP contribution is 2.19. The molecule has 0 aromatic carbocycles. The number of nitrogens with two attached hydrogens (primary N) is 1. The van der Waals surface area contributed by atoms with Crippen molar-refractivity contribution >= 4 is 5.96 Å². The average molecular weight is 309 g/mol. The standard InChI is InChI=1S/C18H36N4/c1-15(2)4-9-21-10-7-17(8-11-21)14-20-18(19)22-12-5-16(3)6-13-22/h15-17H,4-14H2,1-3H3,(H2,19,20). The molecule has 2 saturated heterocycles. The van der Waals surface area contributed by atoms with Gasteiger partial charge in [-0.05, 0) is 69.5 Å². The molecule has 22 heavy (non-hydrogen) atoms. The van der Waals surface area contributed by atoms with Crippen molar-refractivity contribution in [1.82, 2.24) is 9.80 Å². The van der Waals surface area contributed by atoms with Crippen LogP contribution >= 0.6 is 0 Å². The number of aliphatic imine (C=N–C) groups is 1. The van der Waals surface area contributed by atoms with Crippen molar-refractivity contribution in [2.24, 2.45) is 28.5 Å². The van der Waals surface area contributed by atoms with E-state index in [0.29, 0.717) is 0 Å². The zero-order valence-corrected chi connectivity index (χ0v) is 14.9. The zero-order chi connectivity index (χ0) is 15.9. The second-order valence-electron chi connectivity index (χ2n) is 7.84. The zero-order valence-electron chi connectivity index (χ0n) is 14.9. The molecule has 128 valence electrons. The highest BCUT2D eigenvalue weighted by molar-refractivity contribution is 5.78. The van der Waals surface area contributed by atoms with Gasteiger partial charge in [0.25, 0.3) is 0 Å². The van der Waals surface area contributed by atoms with Crippen LogP contribution in [0.1, 0.15) is 52.9 Å². The second kappa shape index (κ2) is 8.76. The lowest BCUT2D eigenvalue weighted by molar-refractivity contribution is 0.179. The van der Waals surface area contributed by atoms with Crippen LogP contribution < -0.4 is 5.73 Å². The first-order valence-corrected chi connectivity index (χ1v) is 9.31. The molecule has 2 aliphatic rings. The SMILES string of the molecule is CC(C)CCN1CCC(CN=C(N)N2CCC(C)CC2)CC1. The van der Waals surface area contributed by atoms with E-state index in [2.05, 4.69) is 30.6 Å². The first kappa shape index (κ1) is 17.6. The Morgan fingerprint density at radius 3 is 2.32 bits per heavy atom. The van der Waals surface area contributed by atoms with Gasteiger partial charge in [0.2, 0.25) is 0 Å². The fourth-order valence-corrected chi connectivity index (χ4v) is 3.39. The third kappa shape index (κ3) is 5.79. The van der Waals surface area contributed by atoms with Crippen molar-refractivity contribution in [2.45, 2.75) is 52.9 Å². The van der Waals surface area contributed by atoms with Gasteiger partial charge >= 0.3 is 0 Å². The van der Waals surface area contributed by atoms with Crippen LogP contribution in [-0.4, -0.2) is 55.0 Å². The lowest BCUT2D eigenvalue weighted by Crippen LogP contribution is -2.43. The van der Waals surface area contributed by atoms with Gasteiger partial charge in [-0.3, -0.25) is 4.99 Å². The molecule has 0 bridgehead atoms. The van der Waals surface area contributed by atoms with E-state index in [1.807, 2.05) is 0 Å². The number of likely N-dealkylation sites (tertiary alicyclic amines) is 2. The quantitative estimate of drug-likeness (QED) is 0.627. The number of hydrogen-bond acceptors (Lipinski definition) is 2. The Morgan fingerprint density at radius 1 is 1.09 bits per heavy atom. The van der Waals surface area contributed by atoms with E-state index < -0.39 is 0 Å². The summed E-state index contributed by atoms with van der Waals surface area (Å²) in [6.07, 6.45) is 6.40. The molecule has 2 fully saturated rings. The van der Waals surface area contributed by atoms with Crippen LogP contribution in [0.4, 0.5) is 0 Å². The summed E-state index contributed by atoms with van der Waals surface area (Å²) in [7, 11) is 0. The van der Waals surface area contributed by atoms with Crippen molar-refractivity contribution in [3.05, 3.63) is 0 Å². The Hall–Kier alpha value is -0.770. The highest BCUT2D eigenvalue weighted by Gasteiger charge is 2.20. The first-order chi connectivity index (χ1) is 10.5. The van der Waals surface area contributed by atoms with Gasteiger partial charge in [-0.25, -0.2) is 0 Å². The maximum atomic E-state index is 6.18. The van der Waals surface area contributed by atoms with Gasteiger partial charge in [0.05, 0.1) is 0 Å². The Bertz CT molecular complexity index is 337. The highest BCUT2D eigenvalue weighted by atomic mass is 15.3. The molecule has 0 saturated carbocycles. The number of nitrogens with zero attached hydrogens (tertiary/aromatic N) is 3. The summed E-state index contributed by atoms with van der Waals surface area (Å²) in [4.78, 5) is 9.59. The molecule has 0 amide bonds. The summed E-state index contributed by atoms with van der Waals surface area (Å²) < 4.78 is 0. The van der Waals surface area contributed by atoms with Gasteiger partial charge in [-0.1, -0.05) is 20.8 Å². The van der Waals surface area contributed by atoms with Gasteiger partial charge in [0.15, 0.2) is 5.96 Å². The third-order valence-corrected chi connectivity index (χ3v) is 5.35. The van der Waals surface area contributed by atoms with Crippen molar-refractivity contribution < 1.29 is 0 Å². The minimum Gasteiger partial charge on any atom is -0.370 e. The summed E-state index contributed by atoms with van der Waals surface area (Å²) in [5, 5.41) is 0. The Morgan fingerprint density at radius 2 is 1.73 bits per heavy atom. The van der Waals surface area contributed by atoms with E-state index in [0.717, 1.165) is 43.3 Å². The minimum absolute atomic E-state index is 0.734. The smallest absolute Gasteiger partial charge is 0.191 e. The second-order valence-corrected chi connectivity index (χ2v) is 7.84. The molecule has 2 heterocycles. The Balaban J connectivity index is 1.66. The van der Waals surface area contributed by atoms with Gasteiger partial charge in [0, 0.05) is 19.6 Å². The number of guanidine groups is 1. The van der Waals surface area contributed by atoms with E-state index in [9.17, 15) is 0 Å². The molecule has 2 N–H and O–H groups in total. The molecular weight excluding hydrogens is 272 g/mol. The molecule has 2 aliphatic heterocycles. The summed E-state index contributed by atoms with van der Waals surface area (Å²) in [6.45, 7) is 13.8. The van der Waals surface area contributed by atoms with Crippen LogP contribution in [-0.2, 0) is 0 Å². The Kier molecular flexibility index (Phi) is 7.00. The van der Waals surface area contributed by atoms with Crippen LogP contribution in [0, 0.1) is 17.8 Å². The van der Waals surface area contributed by atoms with E-state index in [1.165, 1.54) is 51.7 Å². The molecule has 0 radical (unpaired) electrons. The molecule has 0 spiro atoms. The molecule has 2 rings (SSSR count). The summed E-state index contributed by atoms with van der Waals surface area (Å²) in [5.41, 5.74) is 6.18. The fourth-order valence-electron chi connectivity index (χ4n) is 3.39. The lowest BCUT2D eigenvalue weighted by Gasteiger charge is -2.33. The maximum Gasteiger partial charge on any atom is 0.191 e. The molecule has 0 aliphatic carbocycles. The normalized spacial score (nSPS) is 23.5. The summed E-state index contributed by atoms with van der Waals surface area (Å²) in [5.74, 6) is 3.18. The van der Waals surface area contributed by atoms with Crippen LogP contribution in [0.15, 0.2) is 4.99 Å². The van der Waals surface area contributed by atoms with Gasteiger partial charge in [-0.2, -0.15) is 0 Å². The molecule has 4 heteroatoms. The number of rotatable bonds is 5. The van der Waals surface area contributed by atoms with Crippen LogP contribution in [0.2, 0.25) is 0 Å². The third-order valence-electron chi connectivity index (χ3n) is 5.35. The van der Waals surface area contributed by atoms with E-state index in [-0.39, 0.29) is 0 Å². The van der Waals surface area contributed by atoms with Gasteiger partial charge < -0.3 is 15.5 Å². The Labute approximate surface area is 137 Å². The molecule has 0 aromatic rings.